The second-order valence-corrected chi connectivity index (χ2v) is 9.44. The fourth-order valence-electron chi connectivity index (χ4n) is 3.72. The summed E-state index contributed by atoms with van der Waals surface area (Å²) in [5.74, 6) is 1.69. The van der Waals surface area contributed by atoms with E-state index in [1.54, 1.807) is 30.5 Å². The van der Waals surface area contributed by atoms with Gasteiger partial charge in [-0.1, -0.05) is 18.6 Å². The third-order valence-corrected chi connectivity index (χ3v) is 6.86. The summed E-state index contributed by atoms with van der Waals surface area (Å²) < 4.78 is 31.8. The van der Waals surface area contributed by atoms with Crippen LogP contribution in [0.1, 0.15) is 43.6 Å². The van der Waals surface area contributed by atoms with Crippen LogP contribution >= 0.6 is 0 Å². The zero-order chi connectivity index (χ0) is 22.1. The van der Waals surface area contributed by atoms with Crippen molar-refractivity contribution in [3.8, 4) is 0 Å². The lowest BCUT2D eigenvalue weighted by atomic mass is 10.1. The average molecular weight is 448 g/mol. The van der Waals surface area contributed by atoms with Crippen molar-refractivity contribution in [1.29, 1.82) is 0 Å². The molecule has 1 aliphatic rings. The quantitative estimate of drug-likeness (QED) is 0.403. The van der Waals surface area contributed by atoms with E-state index in [0.29, 0.717) is 13.1 Å². The number of hydrogen-bond acceptors (Lipinski definition) is 5. The number of nitrogens with one attached hydrogen (secondary N) is 3. The van der Waals surface area contributed by atoms with E-state index >= 15 is 0 Å². The van der Waals surface area contributed by atoms with Crippen LogP contribution in [0.3, 0.4) is 0 Å². The molecule has 0 spiro atoms. The molecule has 170 valence electrons. The second kappa shape index (κ2) is 11.3. The van der Waals surface area contributed by atoms with Crippen LogP contribution < -0.4 is 15.4 Å². The molecule has 0 amide bonds. The van der Waals surface area contributed by atoms with Gasteiger partial charge in [-0.15, -0.1) is 0 Å². The number of sulfonamides is 1. The van der Waals surface area contributed by atoms with Crippen molar-refractivity contribution in [1.82, 2.24) is 20.3 Å². The van der Waals surface area contributed by atoms with Gasteiger partial charge in [-0.2, -0.15) is 0 Å². The molecule has 2 heterocycles. The molecule has 0 radical (unpaired) electrons. The van der Waals surface area contributed by atoms with Crippen molar-refractivity contribution in [3.05, 3.63) is 54.0 Å². The Bertz CT molecular complexity index is 921. The first kappa shape index (κ1) is 23.3. The van der Waals surface area contributed by atoms with E-state index in [2.05, 4.69) is 25.2 Å². The number of piperidine rings is 1. The summed E-state index contributed by atoms with van der Waals surface area (Å²) in [6.07, 6.45) is 5.44. The first-order valence-electron chi connectivity index (χ1n) is 10.9. The molecule has 1 aromatic carbocycles. The van der Waals surface area contributed by atoms with Gasteiger partial charge in [0.05, 0.1) is 23.7 Å². The summed E-state index contributed by atoms with van der Waals surface area (Å²) >= 11 is 0. The van der Waals surface area contributed by atoms with Gasteiger partial charge in [0.1, 0.15) is 5.76 Å². The molecule has 1 aliphatic heterocycles. The molecule has 0 saturated carbocycles. The van der Waals surface area contributed by atoms with Crippen molar-refractivity contribution >= 4 is 16.0 Å². The van der Waals surface area contributed by atoms with Gasteiger partial charge in [-0.3, -0.25) is 4.90 Å². The smallest absolute Gasteiger partial charge is 0.240 e. The lowest BCUT2D eigenvalue weighted by Gasteiger charge is -2.33. The zero-order valence-corrected chi connectivity index (χ0v) is 19.1. The molecular formula is C22H33N5O3S. The molecule has 1 unspecified atom stereocenters. The number of aliphatic imine (C=N–C) groups is 1. The van der Waals surface area contributed by atoms with Gasteiger partial charge in [0.15, 0.2) is 5.96 Å². The summed E-state index contributed by atoms with van der Waals surface area (Å²) in [5, 5.41) is 6.74. The number of hydrogen-bond donors (Lipinski definition) is 3. The molecule has 8 nitrogen and oxygen atoms in total. The lowest BCUT2D eigenvalue weighted by Crippen LogP contribution is -2.44. The van der Waals surface area contributed by atoms with E-state index in [1.165, 1.54) is 26.3 Å². The zero-order valence-electron chi connectivity index (χ0n) is 18.3. The molecule has 9 heteroatoms. The van der Waals surface area contributed by atoms with Crippen molar-refractivity contribution in [2.24, 2.45) is 4.99 Å². The van der Waals surface area contributed by atoms with Gasteiger partial charge in [-0.05, 0) is 69.7 Å². The normalized spacial score (nSPS) is 16.8. The highest BCUT2D eigenvalue weighted by atomic mass is 32.2. The van der Waals surface area contributed by atoms with E-state index in [9.17, 15) is 8.42 Å². The van der Waals surface area contributed by atoms with Gasteiger partial charge < -0.3 is 15.1 Å². The van der Waals surface area contributed by atoms with Crippen molar-refractivity contribution in [2.75, 3.05) is 33.2 Å². The Morgan fingerprint density at radius 3 is 2.48 bits per heavy atom. The largest absolute Gasteiger partial charge is 0.468 e. The molecule has 0 bridgehead atoms. The standard InChI is InChI=1S/C22H33N5O3S/c1-3-24-22(25-16-18-9-11-19(12-10-18)31(28,29)23-2)26-17-20(21-8-7-15-30-21)27-13-5-4-6-14-27/h7-12,15,20,23H,3-6,13-14,16-17H2,1-2H3,(H2,24,25,26). The lowest BCUT2D eigenvalue weighted by molar-refractivity contribution is 0.146. The van der Waals surface area contributed by atoms with E-state index in [1.807, 2.05) is 19.1 Å². The van der Waals surface area contributed by atoms with Gasteiger partial charge >= 0.3 is 0 Å². The monoisotopic (exact) mass is 447 g/mol. The van der Waals surface area contributed by atoms with Crippen LogP contribution in [-0.2, 0) is 16.6 Å². The fraction of sp³-hybridized carbons (Fsp3) is 0.500. The number of furan rings is 1. The Balaban J connectivity index is 1.65. The molecular weight excluding hydrogens is 414 g/mol. The predicted octanol–water partition coefficient (Wildman–Crippen LogP) is 2.47. The van der Waals surface area contributed by atoms with Crippen LogP contribution in [0, 0.1) is 0 Å². The number of benzene rings is 1. The predicted molar refractivity (Wildman–Crippen MR) is 122 cm³/mol. The van der Waals surface area contributed by atoms with Crippen molar-refractivity contribution in [2.45, 2.75) is 43.7 Å². The number of rotatable bonds is 9. The van der Waals surface area contributed by atoms with Crippen molar-refractivity contribution in [3.63, 3.8) is 0 Å². The molecule has 1 saturated heterocycles. The Labute approximate surface area is 185 Å². The van der Waals surface area contributed by atoms with Crippen LogP contribution in [0.25, 0.3) is 0 Å². The van der Waals surface area contributed by atoms with Crippen molar-refractivity contribution < 1.29 is 12.8 Å². The van der Waals surface area contributed by atoms with Crippen LogP contribution in [0.4, 0.5) is 0 Å². The maximum atomic E-state index is 11.9. The summed E-state index contributed by atoms with van der Waals surface area (Å²) in [7, 11) is -2.02. The van der Waals surface area contributed by atoms with Crippen LogP contribution in [0.2, 0.25) is 0 Å². The topological polar surface area (TPSA) is 99.0 Å². The molecule has 1 atom stereocenters. The fourth-order valence-corrected chi connectivity index (χ4v) is 4.45. The third-order valence-electron chi connectivity index (χ3n) is 5.43. The van der Waals surface area contributed by atoms with E-state index in [0.717, 1.165) is 36.9 Å². The minimum atomic E-state index is -3.43. The van der Waals surface area contributed by atoms with Crippen LogP contribution in [0.5, 0.6) is 0 Å². The van der Waals surface area contributed by atoms with Crippen LogP contribution in [-0.4, -0.2) is 52.5 Å². The summed E-state index contributed by atoms with van der Waals surface area (Å²) in [6, 6.07) is 10.9. The summed E-state index contributed by atoms with van der Waals surface area (Å²) in [5.41, 5.74) is 0.936. The minimum absolute atomic E-state index is 0.158. The summed E-state index contributed by atoms with van der Waals surface area (Å²) in [4.78, 5) is 7.39. The highest BCUT2D eigenvalue weighted by molar-refractivity contribution is 7.89. The molecule has 0 aliphatic carbocycles. The van der Waals surface area contributed by atoms with E-state index in [4.69, 9.17) is 4.42 Å². The Morgan fingerprint density at radius 1 is 1.13 bits per heavy atom. The van der Waals surface area contributed by atoms with Crippen LogP contribution in [0.15, 0.2) is 57.0 Å². The molecule has 1 fully saturated rings. The second-order valence-electron chi connectivity index (χ2n) is 7.56. The first-order chi connectivity index (χ1) is 15.0. The number of guanidine groups is 1. The van der Waals surface area contributed by atoms with E-state index < -0.39 is 10.0 Å². The number of likely N-dealkylation sites (tertiary alicyclic amines) is 1. The van der Waals surface area contributed by atoms with Gasteiger partial charge in [0, 0.05) is 13.1 Å². The molecule has 3 N–H and O–H groups in total. The maximum absolute atomic E-state index is 11.9. The van der Waals surface area contributed by atoms with Gasteiger partial charge in [0.25, 0.3) is 0 Å². The molecule has 3 rings (SSSR count). The Morgan fingerprint density at radius 2 is 1.87 bits per heavy atom. The van der Waals surface area contributed by atoms with Gasteiger partial charge in [0.2, 0.25) is 10.0 Å². The minimum Gasteiger partial charge on any atom is -0.468 e. The Kier molecular flexibility index (Phi) is 8.51. The molecule has 1 aromatic heterocycles. The summed E-state index contributed by atoms with van der Waals surface area (Å²) in [6.45, 7) is 6.07. The SMILES string of the molecule is CCNC(=NCc1ccc(S(=O)(=O)NC)cc1)NCC(c1ccco1)N1CCCCC1. The van der Waals surface area contributed by atoms with E-state index in [-0.39, 0.29) is 10.9 Å². The number of nitrogens with zero attached hydrogens (tertiary/aromatic N) is 2. The highest BCUT2D eigenvalue weighted by Crippen LogP contribution is 2.24. The Hall–Kier alpha value is -2.36. The first-order valence-corrected chi connectivity index (χ1v) is 12.3. The maximum Gasteiger partial charge on any atom is 0.240 e. The third kappa shape index (κ3) is 6.56. The van der Waals surface area contributed by atoms with Gasteiger partial charge in [-0.25, -0.2) is 18.1 Å². The molecule has 2 aromatic rings. The average Bonchev–Trinajstić information content (AvgIpc) is 3.33. The molecule has 31 heavy (non-hydrogen) atoms. The highest BCUT2D eigenvalue weighted by Gasteiger charge is 2.24.